The minimum Gasteiger partial charge on any atom is -0.454 e. The van der Waals surface area contributed by atoms with E-state index in [0.29, 0.717) is 5.82 Å². The number of carbonyl (C=O) groups excluding carboxylic acids is 2. The van der Waals surface area contributed by atoms with Crippen molar-refractivity contribution in [2.45, 2.75) is 51.1 Å². The average Bonchev–Trinajstić information content (AvgIpc) is 2.96. The Kier molecular flexibility index (Phi) is 6.29. The van der Waals surface area contributed by atoms with Crippen LogP contribution in [0, 0.1) is 0 Å². The van der Waals surface area contributed by atoms with E-state index in [-0.39, 0.29) is 25.1 Å². The van der Waals surface area contributed by atoms with E-state index in [4.69, 9.17) is 4.74 Å². The van der Waals surface area contributed by atoms with Crippen molar-refractivity contribution >= 4 is 11.9 Å². The first-order valence-corrected chi connectivity index (χ1v) is 8.99. The SMILES string of the molecule is O=C(COC(=O)Cn1nnc(-c2ccccc2)n1)NC1CCCCCC1. The Morgan fingerprint density at radius 3 is 2.58 bits per heavy atom. The van der Waals surface area contributed by atoms with Crippen LogP contribution in [0.4, 0.5) is 0 Å². The van der Waals surface area contributed by atoms with Crippen molar-refractivity contribution in [2.24, 2.45) is 0 Å². The van der Waals surface area contributed by atoms with Crippen molar-refractivity contribution in [3.8, 4) is 11.4 Å². The fraction of sp³-hybridized carbons (Fsp3) is 0.500. The summed E-state index contributed by atoms with van der Waals surface area (Å²) in [6, 6.07) is 9.54. The first-order valence-electron chi connectivity index (χ1n) is 8.99. The van der Waals surface area contributed by atoms with Gasteiger partial charge in [0.15, 0.2) is 13.2 Å². The number of carbonyl (C=O) groups is 2. The molecule has 1 heterocycles. The predicted molar refractivity (Wildman–Crippen MR) is 93.8 cm³/mol. The fourth-order valence-electron chi connectivity index (χ4n) is 3.01. The third-order valence-electron chi connectivity index (χ3n) is 4.34. The highest BCUT2D eigenvalue weighted by molar-refractivity contribution is 5.80. The summed E-state index contributed by atoms with van der Waals surface area (Å²) in [6.45, 7) is -0.466. The summed E-state index contributed by atoms with van der Waals surface area (Å²) in [5.74, 6) is -0.399. The lowest BCUT2D eigenvalue weighted by Gasteiger charge is -2.15. The van der Waals surface area contributed by atoms with Crippen molar-refractivity contribution in [2.75, 3.05) is 6.61 Å². The zero-order chi connectivity index (χ0) is 18.2. The lowest BCUT2D eigenvalue weighted by Crippen LogP contribution is -2.37. The van der Waals surface area contributed by atoms with Crippen LogP contribution in [0.5, 0.6) is 0 Å². The number of esters is 1. The molecule has 0 spiro atoms. The molecule has 0 radical (unpaired) electrons. The molecule has 1 amide bonds. The van der Waals surface area contributed by atoms with Crippen LogP contribution < -0.4 is 5.32 Å². The molecule has 8 heteroatoms. The number of hydrogen-bond donors (Lipinski definition) is 1. The van der Waals surface area contributed by atoms with Gasteiger partial charge in [-0.3, -0.25) is 4.79 Å². The highest BCUT2D eigenvalue weighted by Crippen LogP contribution is 2.17. The van der Waals surface area contributed by atoms with Gasteiger partial charge in [-0.05, 0) is 18.1 Å². The smallest absolute Gasteiger partial charge is 0.330 e. The van der Waals surface area contributed by atoms with Gasteiger partial charge in [-0.1, -0.05) is 56.0 Å². The first-order chi connectivity index (χ1) is 12.7. The van der Waals surface area contributed by atoms with E-state index in [2.05, 4.69) is 20.7 Å². The van der Waals surface area contributed by atoms with Gasteiger partial charge in [0, 0.05) is 11.6 Å². The number of tetrazole rings is 1. The van der Waals surface area contributed by atoms with E-state index < -0.39 is 5.97 Å². The minimum atomic E-state index is -0.571. The zero-order valence-corrected chi connectivity index (χ0v) is 14.6. The molecule has 1 aliphatic carbocycles. The Morgan fingerprint density at radius 1 is 1.12 bits per heavy atom. The van der Waals surface area contributed by atoms with Crippen LogP contribution in [-0.4, -0.2) is 44.7 Å². The first kappa shape index (κ1) is 18.0. The molecule has 26 heavy (non-hydrogen) atoms. The number of amides is 1. The topological polar surface area (TPSA) is 99.0 Å². The van der Waals surface area contributed by atoms with E-state index in [1.54, 1.807) is 0 Å². The molecule has 1 N–H and O–H groups in total. The molecule has 8 nitrogen and oxygen atoms in total. The number of nitrogens with zero attached hydrogens (tertiary/aromatic N) is 4. The molecule has 1 aromatic heterocycles. The van der Waals surface area contributed by atoms with Crippen LogP contribution in [0.15, 0.2) is 30.3 Å². The summed E-state index contributed by atoms with van der Waals surface area (Å²) in [5.41, 5.74) is 0.815. The second-order valence-corrected chi connectivity index (χ2v) is 6.43. The lowest BCUT2D eigenvalue weighted by atomic mass is 10.1. The lowest BCUT2D eigenvalue weighted by molar-refractivity contribution is -0.149. The van der Waals surface area contributed by atoms with E-state index in [0.717, 1.165) is 36.0 Å². The molecule has 2 aromatic rings. The van der Waals surface area contributed by atoms with Crippen molar-refractivity contribution in [1.29, 1.82) is 0 Å². The molecule has 1 aliphatic rings. The van der Waals surface area contributed by atoms with Gasteiger partial charge in [0.1, 0.15) is 0 Å². The monoisotopic (exact) mass is 357 g/mol. The molecular formula is C18H23N5O3. The molecule has 0 saturated heterocycles. The maximum absolute atomic E-state index is 11.9. The van der Waals surface area contributed by atoms with Crippen LogP contribution in [0.1, 0.15) is 38.5 Å². The second kappa shape index (κ2) is 9.07. The molecule has 0 atom stereocenters. The van der Waals surface area contributed by atoms with Crippen LogP contribution in [-0.2, 0) is 20.9 Å². The summed E-state index contributed by atoms with van der Waals surface area (Å²) < 4.78 is 5.02. The molecule has 138 valence electrons. The molecule has 0 unspecified atom stereocenters. The van der Waals surface area contributed by atoms with Crippen LogP contribution in [0.3, 0.4) is 0 Å². The zero-order valence-electron chi connectivity index (χ0n) is 14.6. The number of rotatable bonds is 6. The van der Waals surface area contributed by atoms with Gasteiger partial charge in [-0.15, -0.1) is 10.2 Å². The quantitative estimate of drug-likeness (QED) is 0.624. The summed E-state index contributed by atoms with van der Waals surface area (Å²) in [6.07, 6.45) is 6.68. The summed E-state index contributed by atoms with van der Waals surface area (Å²) in [7, 11) is 0. The Hall–Kier alpha value is -2.77. The van der Waals surface area contributed by atoms with Gasteiger partial charge in [0.25, 0.3) is 5.91 Å². The average molecular weight is 357 g/mol. The van der Waals surface area contributed by atoms with Gasteiger partial charge in [-0.2, -0.15) is 4.80 Å². The highest BCUT2D eigenvalue weighted by atomic mass is 16.5. The molecule has 1 aromatic carbocycles. The maximum atomic E-state index is 11.9. The second-order valence-electron chi connectivity index (χ2n) is 6.43. The Morgan fingerprint density at radius 2 is 1.85 bits per heavy atom. The largest absolute Gasteiger partial charge is 0.454 e. The molecule has 0 bridgehead atoms. The van der Waals surface area contributed by atoms with Crippen LogP contribution in [0.2, 0.25) is 0 Å². The van der Waals surface area contributed by atoms with E-state index in [1.807, 2.05) is 30.3 Å². The fourth-order valence-corrected chi connectivity index (χ4v) is 3.01. The normalized spacial score (nSPS) is 15.2. The van der Waals surface area contributed by atoms with E-state index >= 15 is 0 Å². The minimum absolute atomic E-state index is 0.184. The number of benzene rings is 1. The molecule has 3 rings (SSSR count). The van der Waals surface area contributed by atoms with Crippen molar-refractivity contribution in [3.05, 3.63) is 30.3 Å². The van der Waals surface area contributed by atoms with Gasteiger partial charge in [0.2, 0.25) is 5.82 Å². The Bertz CT molecular complexity index is 723. The van der Waals surface area contributed by atoms with E-state index in [9.17, 15) is 9.59 Å². The molecule has 1 fully saturated rings. The Labute approximate surface area is 151 Å². The molecule has 1 saturated carbocycles. The number of hydrogen-bond acceptors (Lipinski definition) is 6. The summed E-state index contributed by atoms with van der Waals surface area (Å²) in [4.78, 5) is 25.0. The van der Waals surface area contributed by atoms with Crippen LogP contribution >= 0.6 is 0 Å². The maximum Gasteiger partial charge on any atom is 0.330 e. The number of nitrogens with one attached hydrogen (secondary N) is 1. The Balaban J connectivity index is 1.42. The number of ether oxygens (including phenoxy) is 1. The van der Waals surface area contributed by atoms with Crippen molar-refractivity contribution in [3.63, 3.8) is 0 Å². The standard InChI is InChI=1S/C18H23N5O3/c24-16(19-15-10-6-1-2-7-11-15)13-26-17(25)12-23-21-18(20-22-23)14-8-4-3-5-9-14/h3-5,8-9,15H,1-2,6-7,10-13H2,(H,19,24). The third kappa shape index (κ3) is 5.37. The molecular weight excluding hydrogens is 334 g/mol. The van der Waals surface area contributed by atoms with Gasteiger partial charge < -0.3 is 10.1 Å². The third-order valence-corrected chi connectivity index (χ3v) is 4.34. The highest BCUT2D eigenvalue weighted by Gasteiger charge is 2.16. The van der Waals surface area contributed by atoms with Crippen molar-refractivity contribution < 1.29 is 14.3 Å². The number of aromatic nitrogens is 4. The van der Waals surface area contributed by atoms with Crippen molar-refractivity contribution in [1.82, 2.24) is 25.5 Å². The summed E-state index contributed by atoms with van der Waals surface area (Å²) in [5, 5.41) is 14.8. The van der Waals surface area contributed by atoms with Gasteiger partial charge >= 0.3 is 5.97 Å². The van der Waals surface area contributed by atoms with E-state index in [1.165, 1.54) is 12.8 Å². The molecule has 0 aliphatic heterocycles. The predicted octanol–water partition coefficient (Wildman–Crippen LogP) is 1.72. The van der Waals surface area contributed by atoms with Crippen LogP contribution in [0.25, 0.3) is 11.4 Å². The summed E-state index contributed by atoms with van der Waals surface area (Å²) >= 11 is 0. The van der Waals surface area contributed by atoms with Gasteiger partial charge in [-0.25, -0.2) is 4.79 Å². The van der Waals surface area contributed by atoms with Gasteiger partial charge in [0.05, 0.1) is 0 Å².